The molecule has 0 unspecified atom stereocenters. The monoisotopic (exact) mass is 465 g/mol. The standard InChI is InChI=1S/C19H39N5.HI/c1-5-23-11-13-24(14-12-23)10-9-21-18(20-4)22-16-19(7-6-8-19)15-17(2)3;/h17H,5-16H2,1-4H3,(H2,20,21,22);1H. The first kappa shape index (κ1) is 23.0. The van der Waals surface area contributed by atoms with Gasteiger partial charge in [-0.25, -0.2) is 0 Å². The van der Waals surface area contributed by atoms with Crippen molar-refractivity contribution in [2.45, 2.75) is 46.5 Å². The summed E-state index contributed by atoms with van der Waals surface area (Å²) in [7, 11) is 1.88. The SMILES string of the molecule is CCN1CCN(CCNC(=NC)NCC2(CC(C)C)CCC2)CC1.I. The van der Waals surface area contributed by atoms with E-state index in [0.29, 0.717) is 5.41 Å². The highest BCUT2D eigenvalue weighted by atomic mass is 127. The summed E-state index contributed by atoms with van der Waals surface area (Å²) >= 11 is 0. The van der Waals surface area contributed by atoms with E-state index in [-0.39, 0.29) is 24.0 Å². The van der Waals surface area contributed by atoms with Crippen LogP contribution in [0.3, 0.4) is 0 Å². The quantitative estimate of drug-likeness (QED) is 0.329. The van der Waals surface area contributed by atoms with Crippen molar-refractivity contribution in [3.05, 3.63) is 0 Å². The highest BCUT2D eigenvalue weighted by Gasteiger charge is 2.37. The van der Waals surface area contributed by atoms with Crippen LogP contribution in [0.25, 0.3) is 0 Å². The number of nitrogens with zero attached hydrogens (tertiary/aromatic N) is 3. The van der Waals surface area contributed by atoms with Gasteiger partial charge >= 0.3 is 0 Å². The zero-order valence-corrected chi connectivity index (χ0v) is 19.1. The molecule has 1 saturated heterocycles. The summed E-state index contributed by atoms with van der Waals surface area (Å²) in [5.74, 6) is 1.75. The molecule has 2 fully saturated rings. The number of rotatable bonds is 8. The van der Waals surface area contributed by atoms with Crippen LogP contribution in [0, 0.1) is 11.3 Å². The van der Waals surface area contributed by atoms with Gasteiger partial charge in [0.05, 0.1) is 0 Å². The van der Waals surface area contributed by atoms with Gasteiger partial charge in [-0.2, -0.15) is 0 Å². The lowest BCUT2D eigenvalue weighted by atomic mass is 9.64. The summed E-state index contributed by atoms with van der Waals surface area (Å²) in [5, 5.41) is 7.08. The summed E-state index contributed by atoms with van der Waals surface area (Å²) in [6, 6.07) is 0. The Morgan fingerprint density at radius 3 is 2.20 bits per heavy atom. The number of guanidine groups is 1. The number of halogens is 1. The Morgan fingerprint density at radius 1 is 1.08 bits per heavy atom. The molecule has 148 valence electrons. The molecule has 0 atom stereocenters. The van der Waals surface area contributed by atoms with E-state index in [2.05, 4.69) is 46.2 Å². The molecule has 0 aromatic carbocycles. The molecule has 1 aliphatic heterocycles. The Balaban J connectivity index is 0.00000312. The molecule has 1 heterocycles. The predicted octanol–water partition coefficient (Wildman–Crippen LogP) is 2.62. The molecule has 2 N–H and O–H groups in total. The fourth-order valence-corrected chi connectivity index (χ4v) is 4.15. The number of aliphatic imine (C=N–C) groups is 1. The number of piperazine rings is 1. The van der Waals surface area contributed by atoms with Gasteiger partial charge in [-0.15, -0.1) is 24.0 Å². The zero-order valence-electron chi connectivity index (χ0n) is 16.8. The molecule has 2 aliphatic rings. The maximum absolute atomic E-state index is 4.40. The average Bonchev–Trinajstić information content (AvgIpc) is 2.55. The van der Waals surface area contributed by atoms with Crippen molar-refractivity contribution in [3.63, 3.8) is 0 Å². The number of hydrogen-bond donors (Lipinski definition) is 2. The minimum atomic E-state index is 0. The first-order valence-electron chi connectivity index (χ1n) is 9.96. The molecule has 2 rings (SSSR count). The van der Waals surface area contributed by atoms with Gasteiger partial charge in [0.25, 0.3) is 0 Å². The van der Waals surface area contributed by atoms with Gasteiger partial charge in [0.15, 0.2) is 5.96 Å². The van der Waals surface area contributed by atoms with Crippen LogP contribution in [0.2, 0.25) is 0 Å². The van der Waals surface area contributed by atoms with Crippen LogP contribution in [0.15, 0.2) is 4.99 Å². The second-order valence-corrected chi connectivity index (χ2v) is 8.08. The van der Waals surface area contributed by atoms with Crippen molar-refractivity contribution in [3.8, 4) is 0 Å². The van der Waals surface area contributed by atoms with Crippen LogP contribution in [-0.2, 0) is 0 Å². The summed E-state index contributed by atoms with van der Waals surface area (Å²) in [6.07, 6.45) is 5.47. The van der Waals surface area contributed by atoms with E-state index in [1.165, 1.54) is 58.4 Å². The molecule has 5 nitrogen and oxygen atoms in total. The highest BCUT2D eigenvalue weighted by molar-refractivity contribution is 14.0. The third-order valence-corrected chi connectivity index (χ3v) is 5.74. The van der Waals surface area contributed by atoms with Gasteiger partial charge in [0, 0.05) is 52.9 Å². The van der Waals surface area contributed by atoms with Crippen LogP contribution in [0.5, 0.6) is 0 Å². The molecule has 0 radical (unpaired) electrons. The van der Waals surface area contributed by atoms with Crippen molar-refractivity contribution >= 4 is 29.9 Å². The Kier molecular flexibility index (Phi) is 10.6. The fourth-order valence-electron chi connectivity index (χ4n) is 4.15. The molecule has 1 saturated carbocycles. The van der Waals surface area contributed by atoms with Gasteiger partial charge in [-0.1, -0.05) is 27.2 Å². The Bertz CT molecular complexity index is 387. The summed E-state index contributed by atoms with van der Waals surface area (Å²) < 4.78 is 0. The topological polar surface area (TPSA) is 42.9 Å². The van der Waals surface area contributed by atoms with Gasteiger partial charge < -0.3 is 15.5 Å². The minimum absolute atomic E-state index is 0. The normalized spacial score (nSPS) is 21.6. The molecular weight excluding hydrogens is 425 g/mol. The van der Waals surface area contributed by atoms with Gasteiger partial charge in [0.1, 0.15) is 0 Å². The van der Waals surface area contributed by atoms with E-state index in [1.807, 2.05) is 7.05 Å². The van der Waals surface area contributed by atoms with Crippen LogP contribution in [0.1, 0.15) is 46.5 Å². The minimum Gasteiger partial charge on any atom is -0.356 e. The van der Waals surface area contributed by atoms with Crippen molar-refractivity contribution in [1.82, 2.24) is 20.4 Å². The third-order valence-electron chi connectivity index (χ3n) is 5.74. The lowest BCUT2D eigenvalue weighted by Gasteiger charge is -2.43. The Labute approximate surface area is 172 Å². The molecule has 1 aliphatic carbocycles. The van der Waals surface area contributed by atoms with E-state index >= 15 is 0 Å². The molecule has 0 aromatic rings. The second-order valence-electron chi connectivity index (χ2n) is 8.08. The molecule has 0 aromatic heterocycles. The van der Waals surface area contributed by atoms with E-state index in [4.69, 9.17) is 0 Å². The Hall–Kier alpha value is -0.0800. The second kappa shape index (κ2) is 11.6. The molecule has 6 heteroatoms. The van der Waals surface area contributed by atoms with Crippen molar-refractivity contribution in [2.24, 2.45) is 16.3 Å². The van der Waals surface area contributed by atoms with Gasteiger partial charge in [-0.3, -0.25) is 9.89 Å². The van der Waals surface area contributed by atoms with Crippen LogP contribution >= 0.6 is 24.0 Å². The largest absolute Gasteiger partial charge is 0.356 e. The number of hydrogen-bond acceptors (Lipinski definition) is 3. The maximum Gasteiger partial charge on any atom is 0.191 e. The highest BCUT2D eigenvalue weighted by Crippen LogP contribution is 2.45. The van der Waals surface area contributed by atoms with Gasteiger partial charge in [0.2, 0.25) is 0 Å². The van der Waals surface area contributed by atoms with Gasteiger partial charge in [-0.05, 0) is 37.1 Å². The summed E-state index contributed by atoms with van der Waals surface area (Å²) in [6.45, 7) is 16.1. The number of likely N-dealkylation sites (N-methyl/N-ethyl adjacent to an activating group) is 1. The zero-order chi connectivity index (χ0) is 17.4. The Morgan fingerprint density at radius 2 is 1.72 bits per heavy atom. The van der Waals surface area contributed by atoms with Crippen molar-refractivity contribution in [1.29, 1.82) is 0 Å². The average molecular weight is 465 g/mol. The molecule has 0 spiro atoms. The maximum atomic E-state index is 4.40. The lowest BCUT2D eigenvalue weighted by Crippen LogP contribution is -2.50. The molecular formula is C19H40IN5. The van der Waals surface area contributed by atoms with Crippen molar-refractivity contribution in [2.75, 3.05) is 59.4 Å². The van der Waals surface area contributed by atoms with E-state index in [0.717, 1.165) is 31.5 Å². The summed E-state index contributed by atoms with van der Waals surface area (Å²) in [5.41, 5.74) is 0.516. The smallest absolute Gasteiger partial charge is 0.191 e. The number of nitrogens with one attached hydrogen (secondary N) is 2. The van der Waals surface area contributed by atoms with Crippen LogP contribution in [-0.4, -0.2) is 75.2 Å². The predicted molar refractivity (Wildman–Crippen MR) is 119 cm³/mol. The van der Waals surface area contributed by atoms with Crippen LogP contribution < -0.4 is 10.6 Å². The summed E-state index contributed by atoms with van der Waals surface area (Å²) in [4.78, 5) is 9.48. The first-order valence-corrected chi connectivity index (χ1v) is 9.96. The molecule has 25 heavy (non-hydrogen) atoms. The molecule has 0 amide bonds. The molecule has 0 bridgehead atoms. The van der Waals surface area contributed by atoms with Crippen LogP contribution in [0.4, 0.5) is 0 Å². The third kappa shape index (κ3) is 7.59. The first-order chi connectivity index (χ1) is 11.6. The van der Waals surface area contributed by atoms with E-state index in [1.54, 1.807) is 0 Å². The lowest BCUT2D eigenvalue weighted by molar-refractivity contribution is 0.104. The van der Waals surface area contributed by atoms with E-state index < -0.39 is 0 Å². The van der Waals surface area contributed by atoms with Crippen molar-refractivity contribution < 1.29 is 0 Å². The fraction of sp³-hybridized carbons (Fsp3) is 0.947. The van der Waals surface area contributed by atoms with E-state index in [9.17, 15) is 0 Å².